The highest BCUT2D eigenvalue weighted by atomic mass is 32.2. The van der Waals surface area contributed by atoms with E-state index in [4.69, 9.17) is 10.2 Å². The molecule has 0 heterocycles. The molecule has 0 saturated heterocycles. The molecule has 0 aliphatic heterocycles. The SMILES string of the molecule is O=C(O)C=Cc1cccc(NS(=O)(=O)c2ccc(C(=O)O)cc2)c1. The van der Waals surface area contributed by atoms with Gasteiger partial charge in [0.15, 0.2) is 0 Å². The molecule has 0 fully saturated rings. The number of hydrogen-bond donors (Lipinski definition) is 3. The molecule has 24 heavy (non-hydrogen) atoms. The van der Waals surface area contributed by atoms with Crippen LogP contribution in [-0.4, -0.2) is 30.6 Å². The molecule has 0 unspecified atom stereocenters. The van der Waals surface area contributed by atoms with Gasteiger partial charge in [0.1, 0.15) is 0 Å². The van der Waals surface area contributed by atoms with E-state index in [1.165, 1.54) is 42.5 Å². The lowest BCUT2D eigenvalue weighted by Crippen LogP contribution is -2.13. The van der Waals surface area contributed by atoms with Crippen molar-refractivity contribution in [2.24, 2.45) is 0 Å². The van der Waals surface area contributed by atoms with E-state index in [1.807, 2.05) is 0 Å². The number of hydrogen-bond acceptors (Lipinski definition) is 4. The smallest absolute Gasteiger partial charge is 0.335 e. The van der Waals surface area contributed by atoms with Crippen molar-refractivity contribution in [1.29, 1.82) is 0 Å². The molecule has 0 amide bonds. The van der Waals surface area contributed by atoms with Gasteiger partial charge in [-0.1, -0.05) is 12.1 Å². The summed E-state index contributed by atoms with van der Waals surface area (Å²) in [6, 6.07) is 11.0. The molecule has 3 N–H and O–H groups in total. The fourth-order valence-corrected chi connectivity index (χ4v) is 2.91. The molecule has 124 valence electrons. The quantitative estimate of drug-likeness (QED) is 0.689. The molecule has 0 aromatic heterocycles. The Balaban J connectivity index is 2.24. The number of anilines is 1. The largest absolute Gasteiger partial charge is 0.478 e. The number of carbonyl (C=O) groups is 2. The van der Waals surface area contributed by atoms with E-state index in [1.54, 1.807) is 12.1 Å². The zero-order valence-corrected chi connectivity index (χ0v) is 13.0. The highest BCUT2D eigenvalue weighted by Crippen LogP contribution is 2.18. The van der Waals surface area contributed by atoms with Gasteiger partial charge in [-0.25, -0.2) is 18.0 Å². The molecule has 0 aliphatic rings. The van der Waals surface area contributed by atoms with Crippen LogP contribution in [0.1, 0.15) is 15.9 Å². The number of aromatic carboxylic acids is 1. The number of benzene rings is 2. The number of rotatable bonds is 6. The number of nitrogens with one attached hydrogen (secondary N) is 1. The molecule has 2 aromatic rings. The van der Waals surface area contributed by atoms with E-state index in [-0.39, 0.29) is 16.1 Å². The van der Waals surface area contributed by atoms with Crippen LogP contribution in [0.4, 0.5) is 5.69 Å². The highest BCUT2D eigenvalue weighted by molar-refractivity contribution is 7.92. The first-order valence-electron chi connectivity index (χ1n) is 6.65. The Hall–Kier alpha value is -3.13. The van der Waals surface area contributed by atoms with Crippen molar-refractivity contribution in [3.8, 4) is 0 Å². The van der Waals surface area contributed by atoms with Crippen LogP contribution < -0.4 is 4.72 Å². The Morgan fingerprint density at radius 1 is 1.00 bits per heavy atom. The van der Waals surface area contributed by atoms with Crippen molar-refractivity contribution in [2.45, 2.75) is 4.90 Å². The zero-order chi connectivity index (χ0) is 17.7. The van der Waals surface area contributed by atoms with Gasteiger partial charge in [0.2, 0.25) is 0 Å². The van der Waals surface area contributed by atoms with Crippen LogP contribution >= 0.6 is 0 Å². The molecule has 0 saturated carbocycles. The van der Waals surface area contributed by atoms with Gasteiger partial charge in [-0.15, -0.1) is 0 Å². The second-order valence-electron chi connectivity index (χ2n) is 4.73. The molecular weight excluding hydrogens is 334 g/mol. The van der Waals surface area contributed by atoms with Crippen LogP contribution in [0.2, 0.25) is 0 Å². The first-order valence-corrected chi connectivity index (χ1v) is 8.13. The van der Waals surface area contributed by atoms with Gasteiger partial charge in [-0.3, -0.25) is 4.72 Å². The van der Waals surface area contributed by atoms with Crippen molar-refractivity contribution in [2.75, 3.05) is 4.72 Å². The number of aliphatic carboxylic acids is 1. The average Bonchev–Trinajstić information content (AvgIpc) is 2.53. The minimum atomic E-state index is -3.89. The summed E-state index contributed by atoms with van der Waals surface area (Å²) in [7, 11) is -3.89. The predicted molar refractivity (Wildman–Crippen MR) is 87.3 cm³/mol. The van der Waals surface area contributed by atoms with Crippen molar-refractivity contribution in [1.82, 2.24) is 0 Å². The number of carboxylic acid groups (broad SMARTS) is 2. The van der Waals surface area contributed by atoms with E-state index >= 15 is 0 Å². The van der Waals surface area contributed by atoms with Crippen LogP contribution in [0.5, 0.6) is 0 Å². The van der Waals surface area contributed by atoms with Crippen LogP contribution in [0, 0.1) is 0 Å². The van der Waals surface area contributed by atoms with Crippen LogP contribution in [0.3, 0.4) is 0 Å². The maximum Gasteiger partial charge on any atom is 0.335 e. The van der Waals surface area contributed by atoms with Gasteiger partial charge < -0.3 is 10.2 Å². The Morgan fingerprint density at radius 3 is 2.25 bits per heavy atom. The first-order chi connectivity index (χ1) is 11.3. The van der Waals surface area contributed by atoms with Crippen molar-refractivity contribution in [3.05, 3.63) is 65.7 Å². The lowest BCUT2D eigenvalue weighted by Gasteiger charge is -2.09. The molecule has 7 nitrogen and oxygen atoms in total. The van der Waals surface area contributed by atoms with Crippen molar-refractivity contribution >= 4 is 33.7 Å². The fraction of sp³-hybridized carbons (Fsp3) is 0. The number of sulfonamides is 1. The Bertz CT molecular complexity index is 900. The van der Waals surface area contributed by atoms with Gasteiger partial charge >= 0.3 is 11.9 Å². The standard InChI is InChI=1S/C16H13NO6S/c18-15(19)9-4-11-2-1-3-13(10-11)17-24(22,23)14-7-5-12(6-8-14)16(20)21/h1-10,17H,(H,18,19)(H,20,21). The van der Waals surface area contributed by atoms with Gasteiger partial charge in [-0.05, 0) is 48.0 Å². The van der Waals surface area contributed by atoms with Gasteiger partial charge in [0.25, 0.3) is 10.0 Å². The van der Waals surface area contributed by atoms with E-state index in [9.17, 15) is 18.0 Å². The molecule has 2 rings (SSSR count). The summed E-state index contributed by atoms with van der Waals surface area (Å²) in [6.07, 6.45) is 2.28. The summed E-state index contributed by atoms with van der Waals surface area (Å²) in [6.45, 7) is 0. The maximum absolute atomic E-state index is 12.3. The first kappa shape index (κ1) is 17.2. The van der Waals surface area contributed by atoms with Crippen LogP contribution in [0.25, 0.3) is 6.08 Å². The highest BCUT2D eigenvalue weighted by Gasteiger charge is 2.15. The average molecular weight is 347 g/mol. The predicted octanol–water partition coefficient (Wildman–Crippen LogP) is 2.28. The third-order valence-electron chi connectivity index (χ3n) is 2.97. The topological polar surface area (TPSA) is 121 Å². The third-order valence-corrected chi connectivity index (χ3v) is 4.37. The normalized spacial score (nSPS) is 11.3. The number of carboxylic acids is 2. The summed E-state index contributed by atoms with van der Waals surface area (Å²) >= 11 is 0. The van der Waals surface area contributed by atoms with E-state index in [2.05, 4.69) is 4.72 Å². The Morgan fingerprint density at radius 2 is 1.67 bits per heavy atom. The maximum atomic E-state index is 12.3. The lowest BCUT2D eigenvalue weighted by molar-refractivity contribution is -0.131. The minimum absolute atomic E-state index is 0.0187. The molecule has 8 heteroatoms. The second-order valence-corrected chi connectivity index (χ2v) is 6.41. The lowest BCUT2D eigenvalue weighted by atomic mass is 10.2. The van der Waals surface area contributed by atoms with Crippen molar-refractivity contribution < 1.29 is 28.2 Å². The fourth-order valence-electron chi connectivity index (χ4n) is 1.86. The Kier molecular flexibility index (Phi) is 5.00. The molecule has 0 radical (unpaired) electrons. The van der Waals surface area contributed by atoms with Gasteiger partial charge in [0, 0.05) is 11.8 Å². The summed E-state index contributed by atoms with van der Waals surface area (Å²) in [5.74, 6) is -2.26. The minimum Gasteiger partial charge on any atom is -0.478 e. The van der Waals surface area contributed by atoms with Crippen LogP contribution in [0.15, 0.2) is 59.5 Å². The summed E-state index contributed by atoms with van der Waals surface area (Å²) < 4.78 is 26.9. The second kappa shape index (κ2) is 6.97. The van der Waals surface area contributed by atoms with E-state index < -0.39 is 22.0 Å². The summed E-state index contributed by atoms with van der Waals surface area (Å²) in [5.41, 5.74) is 0.749. The van der Waals surface area contributed by atoms with E-state index in [0.29, 0.717) is 5.56 Å². The summed E-state index contributed by atoms with van der Waals surface area (Å²) in [4.78, 5) is 21.2. The molecule has 0 atom stereocenters. The molecule has 2 aromatic carbocycles. The van der Waals surface area contributed by atoms with Crippen LogP contribution in [-0.2, 0) is 14.8 Å². The summed E-state index contributed by atoms with van der Waals surface area (Å²) in [5, 5.41) is 17.4. The molecule has 0 spiro atoms. The van der Waals surface area contributed by atoms with Gasteiger partial charge in [-0.2, -0.15) is 0 Å². The monoisotopic (exact) mass is 347 g/mol. The molecule has 0 bridgehead atoms. The third kappa shape index (κ3) is 4.43. The van der Waals surface area contributed by atoms with Gasteiger partial charge in [0.05, 0.1) is 10.5 Å². The molecular formula is C16H13NO6S. The van der Waals surface area contributed by atoms with E-state index in [0.717, 1.165) is 6.08 Å². The zero-order valence-electron chi connectivity index (χ0n) is 12.2. The van der Waals surface area contributed by atoms with Crippen molar-refractivity contribution in [3.63, 3.8) is 0 Å². The molecule has 0 aliphatic carbocycles. The Labute approximate surface area is 137 Å².